The highest BCUT2D eigenvalue weighted by Crippen LogP contribution is 2.45. The van der Waals surface area contributed by atoms with Crippen molar-refractivity contribution in [1.82, 2.24) is 9.97 Å². The van der Waals surface area contributed by atoms with Crippen LogP contribution in [0.15, 0.2) is 194 Å². The molecule has 2 nitrogen and oxygen atoms in total. The zero-order valence-electron chi connectivity index (χ0n) is 31.8. The lowest BCUT2D eigenvalue weighted by atomic mass is 9.87. The maximum Gasteiger partial charge on any atom is 0.160 e. The second-order valence-electron chi connectivity index (χ2n) is 15.7. The molecule has 0 aliphatic heterocycles. The van der Waals surface area contributed by atoms with Gasteiger partial charge in [0.05, 0.1) is 11.4 Å². The van der Waals surface area contributed by atoms with Gasteiger partial charge in [-0.05, 0) is 112 Å². The summed E-state index contributed by atoms with van der Waals surface area (Å²) < 4.78 is 2.61. The predicted octanol–water partition coefficient (Wildman–Crippen LogP) is 15.9. The van der Waals surface area contributed by atoms with E-state index in [-0.39, 0.29) is 0 Å². The summed E-state index contributed by atoms with van der Waals surface area (Å²) in [7, 11) is 0. The van der Waals surface area contributed by atoms with Gasteiger partial charge in [0.15, 0.2) is 5.82 Å². The van der Waals surface area contributed by atoms with Crippen molar-refractivity contribution in [2.24, 2.45) is 0 Å². The fourth-order valence-electron chi connectivity index (χ4n) is 9.65. The maximum atomic E-state index is 5.35. The number of hydrogen-bond donors (Lipinski definition) is 0. The summed E-state index contributed by atoms with van der Waals surface area (Å²) in [4.78, 5) is 10.6. The van der Waals surface area contributed by atoms with Gasteiger partial charge in [-0.25, -0.2) is 9.97 Å². The fourth-order valence-corrected chi connectivity index (χ4v) is 10.8. The Kier molecular flexibility index (Phi) is 6.92. The summed E-state index contributed by atoms with van der Waals surface area (Å²) in [5.74, 6) is 0.708. The molecule has 13 aromatic rings. The Balaban J connectivity index is 1.07. The molecule has 2 heterocycles. The van der Waals surface area contributed by atoms with E-state index < -0.39 is 0 Å². The van der Waals surface area contributed by atoms with E-state index in [2.05, 4.69) is 188 Å². The fraction of sp³-hybridized carbons (Fsp3) is 0. The monoisotopic (exact) mass is 764 g/mol. The van der Waals surface area contributed by atoms with E-state index in [1.807, 2.05) is 17.4 Å². The Morgan fingerprint density at radius 1 is 0.271 bits per heavy atom. The Hall–Kier alpha value is -7.46. The van der Waals surface area contributed by atoms with Gasteiger partial charge < -0.3 is 0 Å². The summed E-state index contributed by atoms with van der Waals surface area (Å²) >= 11 is 1.85. The summed E-state index contributed by atoms with van der Waals surface area (Å²) in [6, 6.07) is 71.0. The first-order valence-corrected chi connectivity index (χ1v) is 21.0. The molecule has 0 radical (unpaired) electrons. The molecule has 2 aromatic heterocycles. The molecule has 272 valence electrons. The third-order valence-corrected chi connectivity index (χ3v) is 13.5. The van der Waals surface area contributed by atoms with E-state index in [9.17, 15) is 0 Å². The lowest BCUT2D eigenvalue weighted by Gasteiger charge is -2.17. The van der Waals surface area contributed by atoms with Gasteiger partial charge in [0, 0.05) is 36.9 Å². The Morgan fingerprint density at radius 2 is 0.797 bits per heavy atom. The normalized spacial score (nSPS) is 12.1. The van der Waals surface area contributed by atoms with E-state index in [0.29, 0.717) is 5.82 Å². The van der Waals surface area contributed by atoms with Crippen LogP contribution in [0, 0.1) is 0 Å². The van der Waals surface area contributed by atoms with Crippen LogP contribution in [0.25, 0.3) is 130 Å². The second-order valence-corrected chi connectivity index (χ2v) is 16.8. The Bertz CT molecular complexity index is 3840. The van der Waals surface area contributed by atoms with Gasteiger partial charge in [-0.3, -0.25) is 0 Å². The number of rotatable bonds is 4. The molecule has 0 bridgehead atoms. The SMILES string of the molecule is c1ccc(-c2nc(-c3cccc(-c4ccc5c(c4)sc4ccccc45)c3)cc(-c3cc4ccc5cccc6c7cccc8ccc9cccc(c(c3)c4c56)c9c87)n2)cc1. The molecule has 0 N–H and O–H groups in total. The number of thiophene rings is 1. The van der Waals surface area contributed by atoms with Crippen molar-refractivity contribution in [2.75, 3.05) is 0 Å². The number of hydrogen-bond acceptors (Lipinski definition) is 3. The minimum atomic E-state index is 0.708. The zero-order valence-corrected chi connectivity index (χ0v) is 32.6. The van der Waals surface area contributed by atoms with E-state index in [1.54, 1.807) is 0 Å². The van der Waals surface area contributed by atoms with Crippen LogP contribution >= 0.6 is 11.3 Å². The molecule has 0 spiro atoms. The lowest BCUT2D eigenvalue weighted by molar-refractivity contribution is 1.18. The number of aromatic nitrogens is 2. The molecule has 0 saturated heterocycles. The van der Waals surface area contributed by atoms with E-state index in [0.717, 1.165) is 33.6 Å². The van der Waals surface area contributed by atoms with Gasteiger partial charge in [0.2, 0.25) is 0 Å². The van der Waals surface area contributed by atoms with E-state index >= 15 is 0 Å². The van der Waals surface area contributed by atoms with Crippen LogP contribution < -0.4 is 0 Å². The lowest BCUT2D eigenvalue weighted by Crippen LogP contribution is -1.96. The highest BCUT2D eigenvalue weighted by atomic mass is 32.1. The van der Waals surface area contributed by atoms with Crippen LogP contribution in [0.5, 0.6) is 0 Å². The number of benzene rings is 10. The summed E-state index contributed by atoms with van der Waals surface area (Å²) in [6.45, 7) is 0. The van der Waals surface area contributed by atoms with Crippen LogP contribution in [-0.4, -0.2) is 9.97 Å². The minimum absolute atomic E-state index is 0.708. The van der Waals surface area contributed by atoms with E-state index in [4.69, 9.17) is 9.97 Å². The number of nitrogens with zero attached hydrogens (tertiary/aromatic N) is 2. The molecule has 0 amide bonds. The Labute approximate surface area is 343 Å². The van der Waals surface area contributed by atoms with Gasteiger partial charge in [-0.1, -0.05) is 158 Å². The van der Waals surface area contributed by atoms with Crippen molar-refractivity contribution in [3.05, 3.63) is 194 Å². The highest BCUT2D eigenvalue weighted by Gasteiger charge is 2.18. The van der Waals surface area contributed by atoms with Crippen LogP contribution in [-0.2, 0) is 0 Å². The van der Waals surface area contributed by atoms with Crippen molar-refractivity contribution < 1.29 is 0 Å². The average Bonchev–Trinajstić information content (AvgIpc) is 3.68. The van der Waals surface area contributed by atoms with E-state index in [1.165, 1.54) is 90.4 Å². The predicted molar refractivity (Wildman–Crippen MR) is 253 cm³/mol. The highest BCUT2D eigenvalue weighted by molar-refractivity contribution is 7.25. The summed E-state index contributed by atoms with van der Waals surface area (Å²) in [6.07, 6.45) is 0. The van der Waals surface area contributed by atoms with Gasteiger partial charge in [0.25, 0.3) is 0 Å². The molecule has 0 atom stereocenters. The third-order valence-electron chi connectivity index (χ3n) is 12.3. The molecule has 0 unspecified atom stereocenters. The topological polar surface area (TPSA) is 25.8 Å². The largest absolute Gasteiger partial charge is 0.228 e. The molecule has 0 aliphatic carbocycles. The zero-order chi connectivity index (χ0) is 38.6. The first-order chi connectivity index (χ1) is 29.2. The summed E-state index contributed by atoms with van der Waals surface area (Å²) in [5.41, 5.74) is 7.25. The molecule has 0 saturated carbocycles. The molecule has 13 rings (SSSR count). The van der Waals surface area contributed by atoms with Crippen LogP contribution in [0.1, 0.15) is 0 Å². The van der Waals surface area contributed by atoms with Gasteiger partial charge in [-0.2, -0.15) is 0 Å². The van der Waals surface area contributed by atoms with Crippen molar-refractivity contribution in [2.45, 2.75) is 0 Å². The second kappa shape index (κ2) is 12.5. The molecular weight excluding hydrogens is 733 g/mol. The van der Waals surface area contributed by atoms with Gasteiger partial charge in [0.1, 0.15) is 0 Å². The van der Waals surface area contributed by atoms with Crippen molar-refractivity contribution in [1.29, 1.82) is 0 Å². The minimum Gasteiger partial charge on any atom is -0.228 e. The first kappa shape index (κ1) is 32.6. The maximum absolute atomic E-state index is 5.35. The molecule has 11 aromatic carbocycles. The standard InChI is InChI=1S/C56H32N2S/c1-2-10-36(11-3-1)56-57-48(39-16-6-15-37(28-39)38-26-27-43-42-17-4-5-21-50(42)59-51(43)31-38)32-49(58-56)41-29-40-25-24-35-13-8-19-45-44-18-7-12-33-22-23-34-14-9-20-46(54(34)52(33)44)47(30-41)55(40)53(35)45/h1-32H. The molecular formula is C56H32N2S. The Morgan fingerprint density at radius 3 is 1.53 bits per heavy atom. The van der Waals surface area contributed by atoms with Gasteiger partial charge in [-0.15, -0.1) is 11.3 Å². The molecule has 3 heteroatoms. The first-order valence-electron chi connectivity index (χ1n) is 20.1. The molecule has 0 fully saturated rings. The smallest absolute Gasteiger partial charge is 0.160 e. The van der Waals surface area contributed by atoms with Crippen LogP contribution in [0.2, 0.25) is 0 Å². The molecule has 0 aliphatic rings. The van der Waals surface area contributed by atoms with Gasteiger partial charge >= 0.3 is 0 Å². The average molecular weight is 765 g/mol. The third kappa shape index (κ3) is 4.99. The quantitative estimate of drug-likeness (QED) is 0.167. The number of fused-ring (bicyclic) bond motifs is 5. The van der Waals surface area contributed by atoms with Crippen molar-refractivity contribution >= 4 is 96.1 Å². The summed E-state index contributed by atoms with van der Waals surface area (Å²) in [5, 5.41) is 17.8. The van der Waals surface area contributed by atoms with Crippen LogP contribution in [0.3, 0.4) is 0 Å². The van der Waals surface area contributed by atoms with Crippen LogP contribution in [0.4, 0.5) is 0 Å². The van der Waals surface area contributed by atoms with Crippen molar-refractivity contribution in [3.8, 4) is 45.0 Å². The molecule has 59 heavy (non-hydrogen) atoms. The van der Waals surface area contributed by atoms with Crippen molar-refractivity contribution in [3.63, 3.8) is 0 Å².